The predicted octanol–water partition coefficient (Wildman–Crippen LogP) is 2.70. The Morgan fingerprint density at radius 2 is 2.09 bits per heavy atom. The zero-order chi connectivity index (χ0) is 15.6. The number of aromatic nitrogens is 1. The van der Waals surface area contributed by atoms with Crippen molar-refractivity contribution in [1.29, 1.82) is 0 Å². The molecule has 2 saturated heterocycles. The highest BCUT2D eigenvalue weighted by Crippen LogP contribution is 2.41. The summed E-state index contributed by atoms with van der Waals surface area (Å²) < 4.78 is 0. The SMILES string of the molecule is CN1CCN2CC[C@@H]3c4[nH]c5ccc(Cl)cc5c4CCN3[C@@H]2C1. The van der Waals surface area contributed by atoms with E-state index < -0.39 is 0 Å². The molecule has 3 aliphatic heterocycles. The normalized spacial score (nSPS) is 29.3. The number of rotatable bonds is 0. The van der Waals surface area contributed by atoms with Gasteiger partial charge >= 0.3 is 0 Å². The van der Waals surface area contributed by atoms with Gasteiger partial charge in [-0.2, -0.15) is 0 Å². The number of halogens is 1. The maximum atomic E-state index is 6.23. The van der Waals surface area contributed by atoms with Crippen LogP contribution in [-0.4, -0.2) is 65.6 Å². The molecule has 2 atom stereocenters. The van der Waals surface area contributed by atoms with Crippen LogP contribution in [0.4, 0.5) is 0 Å². The molecule has 23 heavy (non-hydrogen) atoms. The molecule has 4 nitrogen and oxygen atoms in total. The fourth-order valence-electron chi connectivity index (χ4n) is 4.82. The number of H-pyrrole nitrogens is 1. The smallest absolute Gasteiger partial charge is 0.0759 e. The molecule has 0 bridgehead atoms. The molecule has 5 heteroatoms. The van der Waals surface area contributed by atoms with Gasteiger partial charge in [0, 0.05) is 54.3 Å². The molecule has 0 spiro atoms. The first kappa shape index (κ1) is 14.3. The van der Waals surface area contributed by atoms with E-state index in [1.807, 2.05) is 6.07 Å². The van der Waals surface area contributed by atoms with Gasteiger partial charge in [-0.1, -0.05) is 11.6 Å². The molecule has 122 valence electrons. The lowest BCUT2D eigenvalue weighted by atomic mass is 9.92. The number of nitrogens with one attached hydrogen (secondary N) is 1. The second kappa shape index (κ2) is 5.21. The Kier molecular flexibility index (Phi) is 3.24. The van der Waals surface area contributed by atoms with Gasteiger partial charge in [0.1, 0.15) is 0 Å². The lowest BCUT2D eigenvalue weighted by molar-refractivity contribution is -0.0772. The van der Waals surface area contributed by atoms with Crippen LogP contribution in [0.5, 0.6) is 0 Å². The molecule has 0 aliphatic carbocycles. The van der Waals surface area contributed by atoms with Gasteiger partial charge < -0.3 is 9.88 Å². The third-order valence-electron chi connectivity index (χ3n) is 5.99. The van der Waals surface area contributed by atoms with Crippen LogP contribution in [0.25, 0.3) is 10.9 Å². The number of benzene rings is 1. The van der Waals surface area contributed by atoms with Gasteiger partial charge in [0.25, 0.3) is 0 Å². The van der Waals surface area contributed by atoms with Crippen molar-refractivity contribution in [3.63, 3.8) is 0 Å². The van der Waals surface area contributed by atoms with Crippen molar-refractivity contribution in [1.82, 2.24) is 19.7 Å². The zero-order valence-corrected chi connectivity index (χ0v) is 14.3. The van der Waals surface area contributed by atoms with Gasteiger partial charge in [0.2, 0.25) is 0 Å². The summed E-state index contributed by atoms with van der Waals surface area (Å²) in [6.45, 7) is 5.95. The molecule has 0 unspecified atom stereocenters. The van der Waals surface area contributed by atoms with Crippen LogP contribution in [0.2, 0.25) is 5.02 Å². The van der Waals surface area contributed by atoms with E-state index in [1.165, 1.54) is 48.2 Å². The predicted molar refractivity (Wildman–Crippen MR) is 93.9 cm³/mol. The van der Waals surface area contributed by atoms with Gasteiger partial charge in [0.15, 0.2) is 0 Å². The minimum absolute atomic E-state index is 0.540. The molecule has 0 radical (unpaired) electrons. The Hall–Kier alpha value is -1.07. The van der Waals surface area contributed by atoms with Gasteiger partial charge in [0.05, 0.1) is 12.2 Å². The van der Waals surface area contributed by atoms with Crippen LogP contribution < -0.4 is 0 Å². The van der Waals surface area contributed by atoms with E-state index in [1.54, 1.807) is 0 Å². The van der Waals surface area contributed by atoms with E-state index in [0.29, 0.717) is 12.2 Å². The molecule has 1 aromatic carbocycles. The largest absolute Gasteiger partial charge is 0.357 e. The number of nitrogens with zero attached hydrogens (tertiary/aromatic N) is 3. The first-order valence-electron chi connectivity index (χ1n) is 8.69. The molecule has 5 rings (SSSR count). The molecular weight excluding hydrogens is 308 g/mol. The fraction of sp³-hybridized carbons (Fsp3) is 0.556. The van der Waals surface area contributed by atoms with Crippen LogP contribution in [0, 0.1) is 0 Å². The lowest BCUT2D eigenvalue weighted by Crippen LogP contribution is -2.64. The number of piperazine rings is 1. The van der Waals surface area contributed by atoms with Crippen molar-refractivity contribution < 1.29 is 0 Å². The number of likely N-dealkylation sites (N-methyl/N-ethyl adjacent to an activating group) is 1. The van der Waals surface area contributed by atoms with E-state index in [2.05, 4.69) is 38.9 Å². The van der Waals surface area contributed by atoms with Crippen molar-refractivity contribution >= 4 is 22.5 Å². The lowest BCUT2D eigenvalue weighted by Gasteiger charge is -2.53. The average molecular weight is 331 g/mol. The molecule has 0 amide bonds. The van der Waals surface area contributed by atoms with E-state index in [-0.39, 0.29) is 0 Å². The third kappa shape index (κ3) is 2.16. The van der Waals surface area contributed by atoms with Gasteiger partial charge in [-0.3, -0.25) is 9.80 Å². The van der Waals surface area contributed by atoms with E-state index in [4.69, 9.17) is 11.6 Å². The van der Waals surface area contributed by atoms with E-state index in [0.717, 1.165) is 24.5 Å². The van der Waals surface area contributed by atoms with Gasteiger partial charge in [-0.25, -0.2) is 0 Å². The Bertz CT molecular complexity index is 755. The summed E-state index contributed by atoms with van der Waals surface area (Å²) >= 11 is 6.23. The average Bonchev–Trinajstić information content (AvgIpc) is 2.92. The Labute approximate surface area is 142 Å². The number of hydrogen-bond donors (Lipinski definition) is 1. The molecule has 2 fully saturated rings. The molecule has 2 aromatic rings. The highest BCUT2D eigenvalue weighted by atomic mass is 35.5. The fourth-order valence-corrected chi connectivity index (χ4v) is 4.99. The van der Waals surface area contributed by atoms with Crippen molar-refractivity contribution in [2.24, 2.45) is 0 Å². The summed E-state index contributed by atoms with van der Waals surface area (Å²) in [6.07, 6.45) is 2.93. The second-order valence-electron chi connectivity index (χ2n) is 7.28. The minimum atomic E-state index is 0.540. The van der Waals surface area contributed by atoms with Crippen LogP contribution >= 0.6 is 11.6 Å². The van der Waals surface area contributed by atoms with Crippen molar-refractivity contribution in [3.05, 3.63) is 34.5 Å². The van der Waals surface area contributed by atoms with Gasteiger partial charge in [-0.15, -0.1) is 0 Å². The van der Waals surface area contributed by atoms with Crippen molar-refractivity contribution in [2.75, 3.05) is 39.8 Å². The van der Waals surface area contributed by atoms with Crippen LogP contribution in [0.15, 0.2) is 18.2 Å². The third-order valence-corrected chi connectivity index (χ3v) is 6.23. The maximum Gasteiger partial charge on any atom is 0.0759 e. The summed E-state index contributed by atoms with van der Waals surface area (Å²) in [7, 11) is 2.25. The first-order chi connectivity index (χ1) is 11.2. The van der Waals surface area contributed by atoms with Crippen molar-refractivity contribution in [3.8, 4) is 0 Å². The number of hydrogen-bond acceptors (Lipinski definition) is 3. The molecule has 4 heterocycles. The highest BCUT2D eigenvalue weighted by Gasteiger charge is 2.42. The quantitative estimate of drug-likeness (QED) is 0.804. The summed E-state index contributed by atoms with van der Waals surface area (Å²) in [6, 6.07) is 6.79. The number of aromatic amines is 1. The van der Waals surface area contributed by atoms with Gasteiger partial charge in [-0.05, 0) is 43.7 Å². The molecule has 3 aliphatic rings. The maximum absolute atomic E-state index is 6.23. The Balaban J connectivity index is 1.56. The Morgan fingerprint density at radius 1 is 1.17 bits per heavy atom. The topological polar surface area (TPSA) is 25.5 Å². The van der Waals surface area contributed by atoms with E-state index in [9.17, 15) is 0 Å². The summed E-state index contributed by atoms with van der Waals surface area (Å²) in [5, 5.41) is 2.17. The van der Waals surface area contributed by atoms with Crippen LogP contribution in [0.1, 0.15) is 23.7 Å². The van der Waals surface area contributed by atoms with Crippen LogP contribution in [-0.2, 0) is 6.42 Å². The molecule has 1 N–H and O–H groups in total. The van der Waals surface area contributed by atoms with E-state index >= 15 is 0 Å². The minimum Gasteiger partial charge on any atom is -0.357 e. The standard InChI is InChI=1S/C18H23ClN4/c1-21-8-9-22-6-5-16-18-13(4-7-23(16)17(22)11-21)14-10-12(19)2-3-15(14)20-18/h2-3,10,16-17,20H,4-9,11H2,1H3/t16-,17-/m1/s1. The Morgan fingerprint density at radius 3 is 3.00 bits per heavy atom. The number of fused-ring (bicyclic) bond motifs is 7. The summed E-state index contributed by atoms with van der Waals surface area (Å²) in [5.41, 5.74) is 4.19. The second-order valence-corrected chi connectivity index (χ2v) is 7.71. The summed E-state index contributed by atoms with van der Waals surface area (Å²) in [4.78, 5) is 11.6. The molecule has 0 saturated carbocycles. The monoisotopic (exact) mass is 330 g/mol. The molecule has 1 aromatic heterocycles. The first-order valence-corrected chi connectivity index (χ1v) is 9.07. The summed E-state index contributed by atoms with van der Waals surface area (Å²) in [5.74, 6) is 0. The van der Waals surface area contributed by atoms with Crippen LogP contribution in [0.3, 0.4) is 0 Å². The zero-order valence-electron chi connectivity index (χ0n) is 13.6. The highest BCUT2D eigenvalue weighted by molar-refractivity contribution is 6.31. The van der Waals surface area contributed by atoms with Crippen molar-refractivity contribution in [2.45, 2.75) is 25.0 Å². The molecular formula is C18H23ClN4.